The molecule has 1 rings (SSSR count). The van der Waals surface area contributed by atoms with Crippen molar-refractivity contribution in [1.82, 2.24) is 5.32 Å². The van der Waals surface area contributed by atoms with Crippen LogP contribution in [0.4, 0.5) is 0 Å². The lowest BCUT2D eigenvalue weighted by atomic mass is 9.95. The van der Waals surface area contributed by atoms with Crippen LogP contribution in [0.1, 0.15) is 65.5 Å². The van der Waals surface area contributed by atoms with E-state index in [0.29, 0.717) is 19.3 Å². The van der Waals surface area contributed by atoms with E-state index < -0.39 is 7.60 Å². The van der Waals surface area contributed by atoms with Crippen LogP contribution in [-0.2, 0) is 13.6 Å². The molecule has 0 fully saturated rings. The Bertz CT molecular complexity index is 547. The van der Waals surface area contributed by atoms with Gasteiger partial charge in [0.15, 0.2) is 0 Å². The Balaban J connectivity index is 3.30. The van der Waals surface area contributed by atoms with Crippen LogP contribution in [0, 0.1) is 0 Å². The van der Waals surface area contributed by atoms with Crippen LogP contribution >= 0.6 is 7.60 Å². The van der Waals surface area contributed by atoms with Gasteiger partial charge in [0.1, 0.15) is 0 Å². The van der Waals surface area contributed by atoms with Crippen LogP contribution in [0.25, 0.3) is 0 Å². The summed E-state index contributed by atoms with van der Waals surface area (Å²) >= 11 is 0. The molecule has 0 radical (unpaired) electrons. The first-order valence-electron chi connectivity index (χ1n) is 9.37. The van der Waals surface area contributed by atoms with Crippen LogP contribution in [0.15, 0.2) is 41.7 Å². The molecule has 1 atom stereocenters. The standard InChI is InChI=1S/C20H34NO3P/c1-6-9-13-19(16-25(22,23-7-2)24-8-3)20(21-17(4)5)18-14-11-10-12-15-18/h10-12,14-17,20-21H,6-9,13H2,1-5H3/b19-16+. The molecule has 0 bridgehead atoms. The number of hydrogen-bond acceptors (Lipinski definition) is 4. The van der Waals surface area contributed by atoms with Gasteiger partial charge in [-0.05, 0) is 51.7 Å². The lowest BCUT2D eigenvalue weighted by Gasteiger charge is -2.26. The molecule has 0 aromatic heterocycles. The predicted octanol–water partition coefficient (Wildman–Crippen LogP) is 6.07. The summed E-state index contributed by atoms with van der Waals surface area (Å²) in [6, 6.07) is 10.6. The van der Waals surface area contributed by atoms with E-state index in [2.05, 4.69) is 38.2 Å². The van der Waals surface area contributed by atoms with Crippen LogP contribution in [-0.4, -0.2) is 19.3 Å². The van der Waals surface area contributed by atoms with Gasteiger partial charge in [0.2, 0.25) is 0 Å². The number of hydrogen-bond donors (Lipinski definition) is 1. The molecule has 0 heterocycles. The van der Waals surface area contributed by atoms with Gasteiger partial charge in [0, 0.05) is 11.9 Å². The predicted molar refractivity (Wildman–Crippen MR) is 106 cm³/mol. The van der Waals surface area contributed by atoms with E-state index in [1.54, 1.807) is 5.82 Å². The molecule has 142 valence electrons. The largest absolute Gasteiger partial charge is 0.354 e. The third kappa shape index (κ3) is 7.87. The second kappa shape index (κ2) is 11.6. The lowest BCUT2D eigenvalue weighted by molar-refractivity contribution is 0.228. The highest BCUT2D eigenvalue weighted by Crippen LogP contribution is 2.52. The summed E-state index contributed by atoms with van der Waals surface area (Å²) in [5.74, 6) is 1.75. The summed E-state index contributed by atoms with van der Waals surface area (Å²) in [6.45, 7) is 10.8. The van der Waals surface area contributed by atoms with E-state index in [4.69, 9.17) is 9.05 Å². The number of unbranched alkanes of at least 4 members (excludes halogenated alkanes) is 1. The van der Waals surface area contributed by atoms with Crippen LogP contribution < -0.4 is 5.32 Å². The number of benzene rings is 1. The molecule has 0 aliphatic rings. The monoisotopic (exact) mass is 367 g/mol. The van der Waals surface area contributed by atoms with Crippen molar-refractivity contribution in [2.75, 3.05) is 13.2 Å². The zero-order chi connectivity index (χ0) is 18.7. The van der Waals surface area contributed by atoms with Crippen molar-refractivity contribution >= 4 is 7.60 Å². The van der Waals surface area contributed by atoms with Crippen molar-refractivity contribution in [3.8, 4) is 0 Å². The van der Waals surface area contributed by atoms with Gasteiger partial charge in [-0.3, -0.25) is 4.57 Å². The third-order valence-corrected chi connectivity index (χ3v) is 5.65. The van der Waals surface area contributed by atoms with Gasteiger partial charge in [0.25, 0.3) is 0 Å². The molecule has 1 aromatic carbocycles. The molecule has 0 amide bonds. The first kappa shape index (κ1) is 22.1. The molecule has 25 heavy (non-hydrogen) atoms. The van der Waals surface area contributed by atoms with Crippen LogP contribution in [0.3, 0.4) is 0 Å². The molecular formula is C20H34NO3P. The zero-order valence-electron chi connectivity index (χ0n) is 16.3. The summed E-state index contributed by atoms with van der Waals surface area (Å²) < 4.78 is 24.1. The maximum Gasteiger partial charge on any atom is 0.354 e. The first-order chi connectivity index (χ1) is 12.0. The fourth-order valence-electron chi connectivity index (χ4n) is 2.74. The van der Waals surface area contributed by atoms with E-state index in [1.165, 1.54) is 0 Å². The van der Waals surface area contributed by atoms with Crippen molar-refractivity contribution in [2.45, 2.75) is 66.0 Å². The SMILES string of the molecule is CCCC/C(=C\P(=O)(OCC)OCC)C(NC(C)C)c1ccccc1. The van der Waals surface area contributed by atoms with E-state index >= 15 is 0 Å². The Kier molecular flexibility index (Phi) is 10.3. The molecule has 0 aliphatic carbocycles. The van der Waals surface area contributed by atoms with E-state index in [9.17, 15) is 4.57 Å². The van der Waals surface area contributed by atoms with Crippen molar-refractivity contribution in [2.24, 2.45) is 0 Å². The summed E-state index contributed by atoms with van der Waals surface area (Å²) in [4.78, 5) is 0. The highest BCUT2D eigenvalue weighted by molar-refractivity contribution is 7.57. The molecule has 1 aromatic rings. The second-order valence-corrected chi connectivity index (χ2v) is 8.20. The fourth-order valence-corrected chi connectivity index (χ4v) is 4.36. The molecule has 0 saturated heterocycles. The summed E-state index contributed by atoms with van der Waals surface area (Å²) in [7, 11) is -3.24. The lowest BCUT2D eigenvalue weighted by Crippen LogP contribution is -2.29. The minimum absolute atomic E-state index is 0.00184. The quantitative estimate of drug-likeness (QED) is 0.456. The van der Waals surface area contributed by atoms with Crippen molar-refractivity contribution in [3.05, 3.63) is 47.3 Å². The molecular weight excluding hydrogens is 333 g/mol. The molecule has 1 N–H and O–H groups in total. The molecule has 0 saturated carbocycles. The minimum Gasteiger partial charge on any atom is -0.306 e. The topological polar surface area (TPSA) is 47.6 Å². The van der Waals surface area contributed by atoms with Gasteiger partial charge >= 0.3 is 7.60 Å². The average molecular weight is 367 g/mol. The zero-order valence-corrected chi connectivity index (χ0v) is 17.2. The molecule has 4 nitrogen and oxygen atoms in total. The summed E-state index contributed by atoms with van der Waals surface area (Å²) in [6.07, 6.45) is 2.97. The van der Waals surface area contributed by atoms with Crippen molar-refractivity contribution in [1.29, 1.82) is 0 Å². The molecule has 0 aliphatic heterocycles. The smallest absolute Gasteiger partial charge is 0.306 e. The Hall–Kier alpha value is -0.930. The van der Waals surface area contributed by atoms with Crippen molar-refractivity contribution < 1.29 is 13.6 Å². The van der Waals surface area contributed by atoms with E-state index in [-0.39, 0.29) is 6.04 Å². The summed E-state index contributed by atoms with van der Waals surface area (Å²) in [5.41, 5.74) is 2.24. The number of rotatable bonds is 12. The van der Waals surface area contributed by atoms with Gasteiger partial charge in [-0.2, -0.15) is 0 Å². The number of nitrogens with one attached hydrogen (secondary N) is 1. The van der Waals surface area contributed by atoms with Crippen molar-refractivity contribution in [3.63, 3.8) is 0 Å². The Morgan fingerprint density at radius 2 is 1.72 bits per heavy atom. The Morgan fingerprint density at radius 1 is 1.12 bits per heavy atom. The maximum atomic E-state index is 13.1. The van der Waals surface area contributed by atoms with E-state index in [0.717, 1.165) is 30.4 Å². The molecule has 1 unspecified atom stereocenters. The van der Waals surface area contributed by atoms with Crippen LogP contribution in [0.5, 0.6) is 0 Å². The maximum absolute atomic E-state index is 13.1. The van der Waals surface area contributed by atoms with Crippen LogP contribution in [0.2, 0.25) is 0 Å². The van der Waals surface area contributed by atoms with Gasteiger partial charge in [0.05, 0.1) is 19.3 Å². The summed E-state index contributed by atoms with van der Waals surface area (Å²) in [5, 5.41) is 3.61. The second-order valence-electron chi connectivity index (χ2n) is 6.35. The first-order valence-corrected chi connectivity index (χ1v) is 11.0. The highest BCUT2D eigenvalue weighted by Gasteiger charge is 2.25. The van der Waals surface area contributed by atoms with E-state index in [1.807, 2.05) is 32.0 Å². The minimum atomic E-state index is -3.24. The van der Waals surface area contributed by atoms with Gasteiger partial charge in [-0.15, -0.1) is 0 Å². The Morgan fingerprint density at radius 3 is 2.20 bits per heavy atom. The van der Waals surface area contributed by atoms with Gasteiger partial charge in [-0.25, -0.2) is 0 Å². The molecule has 5 heteroatoms. The fraction of sp³-hybridized carbons (Fsp3) is 0.600. The normalized spacial score (nSPS) is 14.1. The average Bonchev–Trinajstić information content (AvgIpc) is 2.57. The van der Waals surface area contributed by atoms with Gasteiger partial charge in [-0.1, -0.05) is 43.7 Å². The molecule has 0 spiro atoms. The third-order valence-electron chi connectivity index (χ3n) is 3.76. The van der Waals surface area contributed by atoms with Gasteiger partial charge < -0.3 is 14.4 Å². The highest BCUT2D eigenvalue weighted by atomic mass is 31.2. The Labute approximate surface area is 153 Å².